The van der Waals surface area contributed by atoms with Crippen molar-refractivity contribution in [2.24, 2.45) is 23.5 Å². The first kappa shape index (κ1) is 46.9. The van der Waals surface area contributed by atoms with Crippen LogP contribution in [0.25, 0.3) is 0 Å². The number of carboxylic acid groups (broad SMARTS) is 1. The standard InChI is InChI=1S/C40H61N9O9/c1-8-22(5)32(47-35(52)28(17-25-12-14-27(50)15-13-25)44-37(54)31(21(3)4)46-34(51)24(7)41)38(55)45-29(18-26-19-42-20-43-26)39(56)49-16-10-11-30(49)36(53)48-33(40(57)58)23(6)9-2/h12-15,19-24,28-33,50H,8-11,16-18,41H2,1-7H3,(H,42,43)(H,44,54)(H,45,55)(H,46,51)(H,47,52)(H,48,53)(H,57,58)/t22-,23-,24-,28-,29-,30-,31-,32-,33-/m0/s1. The number of aromatic hydroxyl groups is 1. The summed E-state index contributed by atoms with van der Waals surface area (Å²) in [6, 6.07) is -1.68. The molecule has 2 aromatic rings. The Morgan fingerprint density at radius 2 is 1.38 bits per heavy atom. The van der Waals surface area contributed by atoms with Gasteiger partial charge in [-0.2, -0.15) is 0 Å². The predicted octanol–water partition coefficient (Wildman–Crippen LogP) is 0.496. The lowest BCUT2D eigenvalue weighted by Gasteiger charge is -2.32. The smallest absolute Gasteiger partial charge is 0.326 e. The van der Waals surface area contributed by atoms with E-state index in [1.54, 1.807) is 39.8 Å². The van der Waals surface area contributed by atoms with Crippen molar-refractivity contribution in [1.82, 2.24) is 41.5 Å². The van der Waals surface area contributed by atoms with Crippen LogP contribution in [0, 0.1) is 17.8 Å². The van der Waals surface area contributed by atoms with Crippen molar-refractivity contribution in [3.8, 4) is 5.75 Å². The number of benzene rings is 1. The second kappa shape index (κ2) is 21.9. The molecule has 0 radical (unpaired) electrons. The van der Waals surface area contributed by atoms with Crippen molar-refractivity contribution in [3.05, 3.63) is 48.0 Å². The lowest BCUT2D eigenvalue weighted by molar-refractivity contribution is -0.146. The predicted molar refractivity (Wildman–Crippen MR) is 214 cm³/mol. The third kappa shape index (κ3) is 13.0. The number of aromatic nitrogens is 2. The average Bonchev–Trinajstić information content (AvgIpc) is 3.90. The number of carbonyl (C=O) groups is 7. The molecule has 10 N–H and O–H groups in total. The maximum atomic E-state index is 14.3. The molecular weight excluding hydrogens is 750 g/mol. The first-order valence-corrected chi connectivity index (χ1v) is 19.9. The van der Waals surface area contributed by atoms with E-state index in [2.05, 4.69) is 36.6 Å². The number of aromatic amines is 1. The van der Waals surface area contributed by atoms with Gasteiger partial charge in [0, 0.05) is 31.3 Å². The minimum absolute atomic E-state index is 0.00330. The summed E-state index contributed by atoms with van der Waals surface area (Å²) in [6.07, 6.45) is 4.54. The van der Waals surface area contributed by atoms with Crippen LogP contribution < -0.4 is 32.3 Å². The fourth-order valence-electron chi connectivity index (χ4n) is 6.63. The van der Waals surface area contributed by atoms with Crippen LogP contribution in [-0.4, -0.2) is 115 Å². The van der Waals surface area contributed by atoms with E-state index in [1.165, 1.54) is 36.5 Å². The topological polar surface area (TPSA) is 278 Å². The van der Waals surface area contributed by atoms with E-state index in [0.717, 1.165) is 0 Å². The van der Waals surface area contributed by atoms with Crippen LogP contribution in [0.3, 0.4) is 0 Å². The van der Waals surface area contributed by atoms with Crippen molar-refractivity contribution in [1.29, 1.82) is 0 Å². The number of hydrogen-bond acceptors (Lipinski definition) is 10. The summed E-state index contributed by atoms with van der Waals surface area (Å²) < 4.78 is 0. The van der Waals surface area contributed by atoms with Crippen LogP contribution in [0.15, 0.2) is 36.8 Å². The maximum absolute atomic E-state index is 14.3. The molecule has 0 spiro atoms. The van der Waals surface area contributed by atoms with E-state index in [-0.39, 0.29) is 37.0 Å². The van der Waals surface area contributed by atoms with Gasteiger partial charge in [0.25, 0.3) is 0 Å². The maximum Gasteiger partial charge on any atom is 0.326 e. The number of carbonyl (C=O) groups excluding carboxylic acids is 6. The molecule has 0 bridgehead atoms. The monoisotopic (exact) mass is 811 g/mol. The van der Waals surface area contributed by atoms with E-state index < -0.39 is 89.6 Å². The lowest BCUT2D eigenvalue weighted by atomic mass is 9.96. The molecule has 0 saturated carbocycles. The van der Waals surface area contributed by atoms with Gasteiger partial charge in [0.15, 0.2) is 0 Å². The second-order valence-corrected chi connectivity index (χ2v) is 15.6. The van der Waals surface area contributed by atoms with E-state index in [1.807, 2.05) is 13.8 Å². The molecule has 1 aliphatic rings. The molecule has 3 rings (SSSR count). The molecule has 1 aromatic heterocycles. The van der Waals surface area contributed by atoms with Crippen molar-refractivity contribution in [2.45, 2.75) is 129 Å². The summed E-state index contributed by atoms with van der Waals surface area (Å²) >= 11 is 0. The Kier molecular flexibility index (Phi) is 17.7. The van der Waals surface area contributed by atoms with Crippen LogP contribution in [0.2, 0.25) is 0 Å². The number of nitrogens with one attached hydrogen (secondary N) is 6. The van der Waals surface area contributed by atoms with Gasteiger partial charge >= 0.3 is 5.97 Å². The number of rotatable bonds is 21. The van der Waals surface area contributed by atoms with E-state index in [0.29, 0.717) is 36.9 Å². The summed E-state index contributed by atoms with van der Waals surface area (Å²) in [4.78, 5) is 103. The quantitative estimate of drug-likeness (QED) is 0.0837. The minimum atomic E-state index is -1.25. The normalized spacial score (nSPS) is 18.1. The SMILES string of the molecule is CC[C@H](C)[C@H](NC(=O)[C@@H]1CCCN1C(=O)[C@H](Cc1cnc[nH]1)NC(=O)[C@@H](NC(=O)[C@H](Cc1ccc(O)cc1)NC(=O)[C@@H](NC(=O)[C@H](C)N)C(C)C)[C@@H](C)CC)C(=O)O. The average molecular weight is 812 g/mol. The molecule has 0 aliphatic carbocycles. The van der Waals surface area contributed by atoms with Gasteiger partial charge in [0.05, 0.1) is 12.4 Å². The van der Waals surface area contributed by atoms with Crippen LogP contribution in [0.4, 0.5) is 0 Å². The molecule has 0 unspecified atom stereocenters. The Bertz CT molecular complexity index is 1720. The summed E-state index contributed by atoms with van der Waals surface area (Å²) in [5.41, 5.74) is 6.82. The zero-order valence-corrected chi connectivity index (χ0v) is 34.4. The molecule has 1 saturated heterocycles. The highest BCUT2D eigenvalue weighted by Gasteiger charge is 2.41. The van der Waals surface area contributed by atoms with Gasteiger partial charge in [-0.05, 0) is 55.2 Å². The molecule has 18 nitrogen and oxygen atoms in total. The number of likely N-dealkylation sites (tertiary alicyclic amines) is 1. The third-order valence-electron chi connectivity index (χ3n) is 10.7. The zero-order chi connectivity index (χ0) is 43.3. The molecule has 320 valence electrons. The van der Waals surface area contributed by atoms with Crippen molar-refractivity contribution in [2.75, 3.05) is 6.54 Å². The minimum Gasteiger partial charge on any atom is -0.508 e. The number of hydrogen-bond donors (Lipinski definition) is 9. The molecular formula is C40H61N9O9. The highest BCUT2D eigenvalue weighted by Crippen LogP contribution is 2.21. The number of imidazole rings is 1. The molecule has 18 heteroatoms. The molecule has 1 aliphatic heterocycles. The number of nitrogens with zero attached hydrogens (tertiary/aromatic N) is 2. The number of nitrogens with two attached hydrogens (primary N) is 1. The first-order chi connectivity index (χ1) is 27.4. The lowest BCUT2D eigenvalue weighted by Crippen LogP contribution is -2.61. The van der Waals surface area contributed by atoms with Crippen LogP contribution in [-0.2, 0) is 46.4 Å². The van der Waals surface area contributed by atoms with Crippen LogP contribution in [0.5, 0.6) is 5.75 Å². The van der Waals surface area contributed by atoms with E-state index in [9.17, 15) is 43.8 Å². The zero-order valence-electron chi connectivity index (χ0n) is 34.4. The molecule has 1 fully saturated rings. The van der Waals surface area contributed by atoms with Gasteiger partial charge in [-0.15, -0.1) is 0 Å². The molecule has 58 heavy (non-hydrogen) atoms. The number of phenols is 1. The van der Waals surface area contributed by atoms with E-state index >= 15 is 0 Å². The third-order valence-corrected chi connectivity index (χ3v) is 10.7. The largest absolute Gasteiger partial charge is 0.508 e. The second-order valence-electron chi connectivity index (χ2n) is 15.6. The van der Waals surface area contributed by atoms with Gasteiger partial charge < -0.3 is 52.4 Å². The fourth-order valence-corrected chi connectivity index (χ4v) is 6.63. The summed E-state index contributed by atoms with van der Waals surface area (Å²) in [5, 5.41) is 33.2. The molecule has 1 aromatic carbocycles. The number of amides is 6. The molecule has 9 atom stereocenters. The Morgan fingerprint density at radius 3 is 1.93 bits per heavy atom. The number of carboxylic acids is 1. The Morgan fingerprint density at radius 1 is 0.793 bits per heavy atom. The van der Waals surface area contributed by atoms with Crippen molar-refractivity contribution in [3.63, 3.8) is 0 Å². The van der Waals surface area contributed by atoms with Crippen LogP contribution >= 0.6 is 0 Å². The Balaban J connectivity index is 1.91. The fraction of sp³-hybridized carbons (Fsp3) is 0.600. The van der Waals surface area contributed by atoms with Gasteiger partial charge in [-0.3, -0.25) is 28.8 Å². The number of aliphatic carboxylic acids is 1. The highest BCUT2D eigenvalue weighted by atomic mass is 16.4. The van der Waals surface area contributed by atoms with E-state index in [4.69, 9.17) is 5.73 Å². The van der Waals surface area contributed by atoms with Gasteiger partial charge in [-0.1, -0.05) is 66.5 Å². The van der Waals surface area contributed by atoms with Gasteiger partial charge in [-0.25, -0.2) is 9.78 Å². The van der Waals surface area contributed by atoms with Gasteiger partial charge in [0.1, 0.15) is 42.0 Å². The Labute approximate surface area is 339 Å². The Hall–Kier alpha value is -5.52. The highest BCUT2D eigenvalue weighted by molar-refractivity contribution is 5.97. The van der Waals surface area contributed by atoms with Gasteiger partial charge in [0.2, 0.25) is 35.4 Å². The summed E-state index contributed by atoms with van der Waals surface area (Å²) in [5.74, 6) is -6.20. The van der Waals surface area contributed by atoms with Crippen molar-refractivity contribution >= 4 is 41.4 Å². The molecule has 6 amide bonds. The first-order valence-electron chi connectivity index (χ1n) is 19.9. The summed E-state index contributed by atoms with van der Waals surface area (Å²) in [6.45, 7) is 12.2. The summed E-state index contributed by atoms with van der Waals surface area (Å²) in [7, 11) is 0. The molecule has 2 heterocycles. The number of phenolic OH excluding ortho intramolecular Hbond substituents is 1. The van der Waals surface area contributed by atoms with Crippen LogP contribution in [0.1, 0.15) is 85.4 Å². The van der Waals surface area contributed by atoms with Crippen molar-refractivity contribution < 1.29 is 43.8 Å². The number of H-pyrrole nitrogens is 1.